The van der Waals surface area contributed by atoms with Crippen LogP contribution >= 0.6 is 0 Å². The fraction of sp³-hybridized carbons (Fsp3) is 0.600. The van der Waals surface area contributed by atoms with Crippen LogP contribution < -0.4 is 10.1 Å². The first-order valence-electron chi connectivity index (χ1n) is 6.64. The molecule has 0 aliphatic carbocycles. The molecule has 100 valence electrons. The van der Waals surface area contributed by atoms with E-state index >= 15 is 0 Å². The predicted molar refractivity (Wildman–Crippen MR) is 73.0 cm³/mol. The van der Waals surface area contributed by atoms with E-state index in [0.29, 0.717) is 6.04 Å². The van der Waals surface area contributed by atoms with Gasteiger partial charge in [0.25, 0.3) is 0 Å². The highest BCUT2D eigenvalue weighted by atomic mass is 16.5. The number of hydrogen-bond donors (Lipinski definition) is 1. The van der Waals surface area contributed by atoms with Crippen LogP contribution in [0.3, 0.4) is 0 Å². The minimum Gasteiger partial charge on any atom is -0.497 e. The smallest absolute Gasteiger partial charge is 0.119 e. The van der Waals surface area contributed by atoms with Gasteiger partial charge in [0.2, 0.25) is 0 Å². The molecule has 1 aromatic carbocycles. The molecule has 0 spiro atoms. The van der Waals surface area contributed by atoms with E-state index in [4.69, 9.17) is 9.47 Å². The molecule has 0 amide bonds. The van der Waals surface area contributed by atoms with Crippen molar-refractivity contribution in [2.45, 2.75) is 38.3 Å². The average Bonchev–Trinajstić information content (AvgIpc) is 2.83. The van der Waals surface area contributed by atoms with E-state index in [2.05, 4.69) is 31.3 Å². The minimum atomic E-state index is 0.00707. The summed E-state index contributed by atoms with van der Waals surface area (Å²) in [5.41, 5.74) is 1.25. The first kappa shape index (κ1) is 13.4. The molecule has 3 heteroatoms. The van der Waals surface area contributed by atoms with E-state index in [1.54, 1.807) is 7.11 Å². The SMILES string of the molecule is COc1cccc(C(C)NCC2(C)CCCO2)c1. The van der Waals surface area contributed by atoms with Gasteiger partial charge in [-0.25, -0.2) is 0 Å². The van der Waals surface area contributed by atoms with Crippen molar-refractivity contribution in [2.24, 2.45) is 0 Å². The Labute approximate surface area is 109 Å². The second-order valence-corrected chi connectivity index (χ2v) is 5.28. The molecule has 1 fully saturated rings. The van der Waals surface area contributed by atoms with Crippen molar-refractivity contribution >= 4 is 0 Å². The molecule has 1 aliphatic heterocycles. The zero-order valence-electron chi connectivity index (χ0n) is 11.5. The maximum Gasteiger partial charge on any atom is 0.119 e. The summed E-state index contributed by atoms with van der Waals surface area (Å²) >= 11 is 0. The third-order valence-electron chi connectivity index (χ3n) is 3.68. The van der Waals surface area contributed by atoms with Crippen LogP contribution in [0.5, 0.6) is 5.75 Å². The van der Waals surface area contributed by atoms with Gasteiger partial charge in [-0.1, -0.05) is 12.1 Å². The Kier molecular flexibility index (Phi) is 4.25. The third-order valence-corrected chi connectivity index (χ3v) is 3.68. The summed E-state index contributed by atoms with van der Waals surface area (Å²) in [7, 11) is 1.70. The topological polar surface area (TPSA) is 30.5 Å². The molecule has 0 bridgehead atoms. The Morgan fingerprint density at radius 2 is 2.33 bits per heavy atom. The number of benzene rings is 1. The molecule has 0 radical (unpaired) electrons. The highest BCUT2D eigenvalue weighted by Gasteiger charge is 2.29. The average molecular weight is 249 g/mol. The fourth-order valence-corrected chi connectivity index (χ4v) is 2.37. The predicted octanol–water partition coefficient (Wildman–Crippen LogP) is 2.91. The molecule has 1 aromatic rings. The lowest BCUT2D eigenvalue weighted by Crippen LogP contribution is -2.38. The van der Waals surface area contributed by atoms with E-state index < -0.39 is 0 Å². The van der Waals surface area contributed by atoms with Crippen LogP contribution in [0.4, 0.5) is 0 Å². The van der Waals surface area contributed by atoms with Gasteiger partial charge in [-0.05, 0) is 44.4 Å². The Morgan fingerprint density at radius 1 is 1.50 bits per heavy atom. The number of rotatable bonds is 5. The molecule has 0 aromatic heterocycles. The number of hydrogen-bond acceptors (Lipinski definition) is 3. The van der Waals surface area contributed by atoms with E-state index in [-0.39, 0.29) is 5.60 Å². The van der Waals surface area contributed by atoms with Gasteiger partial charge in [0.05, 0.1) is 12.7 Å². The maximum absolute atomic E-state index is 5.78. The highest BCUT2D eigenvalue weighted by molar-refractivity contribution is 5.30. The van der Waals surface area contributed by atoms with Crippen LogP contribution in [0.2, 0.25) is 0 Å². The lowest BCUT2D eigenvalue weighted by atomic mass is 10.0. The van der Waals surface area contributed by atoms with Gasteiger partial charge in [0, 0.05) is 19.2 Å². The maximum atomic E-state index is 5.78. The largest absolute Gasteiger partial charge is 0.497 e. The van der Waals surface area contributed by atoms with E-state index in [1.807, 2.05) is 12.1 Å². The Bertz CT molecular complexity index is 386. The quantitative estimate of drug-likeness (QED) is 0.870. The minimum absolute atomic E-state index is 0.00707. The number of methoxy groups -OCH3 is 1. The highest BCUT2D eigenvalue weighted by Crippen LogP contribution is 2.25. The van der Waals surface area contributed by atoms with Gasteiger partial charge >= 0.3 is 0 Å². The molecule has 3 nitrogen and oxygen atoms in total. The molecular weight excluding hydrogens is 226 g/mol. The molecular formula is C15H23NO2. The first-order valence-corrected chi connectivity index (χ1v) is 6.64. The van der Waals surface area contributed by atoms with Crippen molar-refractivity contribution in [3.8, 4) is 5.75 Å². The zero-order chi connectivity index (χ0) is 13.0. The van der Waals surface area contributed by atoms with Crippen LogP contribution in [0.15, 0.2) is 24.3 Å². The molecule has 18 heavy (non-hydrogen) atoms. The summed E-state index contributed by atoms with van der Waals surface area (Å²) in [6.45, 7) is 6.15. The van der Waals surface area contributed by atoms with Crippen molar-refractivity contribution in [1.82, 2.24) is 5.32 Å². The standard InChI is InChI=1S/C15H23NO2/c1-12(13-6-4-7-14(10-13)17-3)16-11-15(2)8-5-9-18-15/h4,6-7,10,12,16H,5,8-9,11H2,1-3H3. The zero-order valence-corrected chi connectivity index (χ0v) is 11.5. The lowest BCUT2D eigenvalue weighted by molar-refractivity contribution is 0.0191. The van der Waals surface area contributed by atoms with Gasteiger partial charge in [-0.3, -0.25) is 0 Å². The Hall–Kier alpha value is -1.06. The molecule has 0 saturated carbocycles. The van der Waals surface area contributed by atoms with Gasteiger partial charge in [0.1, 0.15) is 5.75 Å². The molecule has 2 unspecified atom stereocenters. The van der Waals surface area contributed by atoms with Gasteiger partial charge < -0.3 is 14.8 Å². The number of nitrogens with one attached hydrogen (secondary N) is 1. The van der Waals surface area contributed by atoms with Gasteiger partial charge in [0.15, 0.2) is 0 Å². The van der Waals surface area contributed by atoms with Crippen LogP contribution in [0.25, 0.3) is 0 Å². The summed E-state index contributed by atoms with van der Waals surface area (Å²) < 4.78 is 11.0. The first-order chi connectivity index (χ1) is 8.63. The van der Waals surface area contributed by atoms with Crippen LogP contribution in [0, 0.1) is 0 Å². The normalized spacial score (nSPS) is 25.1. The van der Waals surface area contributed by atoms with Crippen LogP contribution in [-0.2, 0) is 4.74 Å². The Morgan fingerprint density at radius 3 is 3.00 bits per heavy atom. The van der Waals surface area contributed by atoms with Crippen LogP contribution in [-0.4, -0.2) is 25.9 Å². The monoisotopic (exact) mass is 249 g/mol. The molecule has 1 N–H and O–H groups in total. The summed E-state index contributed by atoms with van der Waals surface area (Å²) in [6, 6.07) is 8.51. The van der Waals surface area contributed by atoms with Crippen molar-refractivity contribution < 1.29 is 9.47 Å². The second-order valence-electron chi connectivity index (χ2n) is 5.28. The van der Waals surface area contributed by atoms with E-state index in [9.17, 15) is 0 Å². The lowest BCUT2D eigenvalue weighted by Gasteiger charge is -2.26. The van der Waals surface area contributed by atoms with Crippen molar-refractivity contribution in [3.05, 3.63) is 29.8 Å². The molecule has 1 heterocycles. The van der Waals surface area contributed by atoms with E-state index in [0.717, 1.165) is 25.3 Å². The summed E-state index contributed by atoms with van der Waals surface area (Å²) in [6.07, 6.45) is 2.32. The third kappa shape index (κ3) is 3.24. The molecule has 2 atom stereocenters. The van der Waals surface area contributed by atoms with Crippen molar-refractivity contribution in [1.29, 1.82) is 0 Å². The van der Waals surface area contributed by atoms with Crippen molar-refractivity contribution in [2.75, 3.05) is 20.3 Å². The van der Waals surface area contributed by atoms with E-state index in [1.165, 1.54) is 12.0 Å². The van der Waals surface area contributed by atoms with Crippen LogP contribution in [0.1, 0.15) is 38.3 Å². The number of ether oxygens (including phenoxy) is 2. The second kappa shape index (κ2) is 5.72. The molecule has 1 aliphatic rings. The van der Waals surface area contributed by atoms with Gasteiger partial charge in [-0.15, -0.1) is 0 Å². The summed E-state index contributed by atoms with van der Waals surface area (Å²) in [5, 5.41) is 3.55. The summed E-state index contributed by atoms with van der Waals surface area (Å²) in [5.74, 6) is 0.907. The fourth-order valence-electron chi connectivity index (χ4n) is 2.37. The molecule has 2 rings (SSSR count). The van der Waals surface area contributed by atoms with Crippen molar-refractivity contribution in [3.63, 3.8) is 0 Å². The van der Waals surface area contributed by atoms with Gasteiger partial charge in [-0.2, -0.15) is 0 Å². The Balaban J connectivity index is 1.92. The summed E-state index contributed by atoms with van der Waals surface area (Å²) in [4.78, 5) is 0. The molecule has 1 saturated heterocycles.